The number of aryl methyl sites for hydroxylation is 1. The van der Waals surface area contributed by atoms with Crippen LogP contribution in [0.2, 0.25) is 0 Å². The summed E-state index contributed by atoms with van der Waals surface area (Å²) in [4.78, 5) is 33.5. The summed E-state index contributed by atoms with van der Waals surface area (Å²) in [5, 5.41) is 9.30. The Morgan fingerprint density at radius 1 is 0.700 bits per heavy atom. The fourth-order valence-electron chi connectivity index (χ4n) is 3.91. The lowest BCUT2D eigenvalue weighted by molar-refractivity contribution is 0.0523. The lowest BCUT2D eigenvalue weighted by Crippen LogP contribution is -1.98. The molecule has 3 aliphatic rings. The van der Waals surface area contributed by atoms with Gasteiger partial charge in [-0.2, -0.15) is 0 Å². The van der Waals surface area contributed by atoms with Gasteiger partial charge in [0.1, 0.15) is 42.4 Å². The molecule has 0 amide bonds. The molecular weight excluding hydrogens is 716 g/mol. The molecule has 6 rings (SSSR count). The van der Waals surface area contributed by atoms with Crippen LogP contribution in [0.4, 0.5) is 0 Å². The van der Waals surface area contributed by atoms with Gasteiger partial charge in [-0.05, 0) is 42.8 Å². The van der Waals surface area contributed by atoms with Gasteiger partial charge in [0.25, 0.3) is 0 Å². The van der Waals surface area contributed by atoms with Crippen LogP contribution in [0.15, 0.2) is 49.8 Å². The lowest BCUT2D eigenvalue weighted by atomic mass is 10.0. The second-order valence-corrected chi connectivity index (χ2v) is 10.5. The molecule has 8 nitrogen and oxygen atoms in total. The molecule has 0 radical (unpaired) electrons. The van der Waals surface area contributed by atoms with Gasteiger partial charge in [0.05, 0.1) is 12.7 Å². The molecule has 3 heterocycles. The van der Waals surface area contributed by atoms with Gasteiger partial charge in [0.2, 0.25) is 0 Å². The molecule has 0 saturated carbocycles. The molecule has 0 saturated heterocycles. The van der Waals surface area contributed by atoms with E-state index in [-0.39, 0.29) is 29.9 Å². The zero-order valence-electron chi connectivity index (χ0n) is 25.5. The summed E-state index contributed by atoms with van der Waals surface area (Å²) in [5.41, 5.74) is 5.09. The molecule has 0 aliphatic carbocycles. The van der Waals surface area contributed by atoms with Crippen LogP contribution in [0.1, 0.15) is 79.6 Å². The van der Waals surface area contributed by atoms with Crippen molar-refractivity contribution >= 4 is 65.7 Å². The van der Waals surface area contributed by atoms with Gasteiger partial charge in [-0.3, -0.25) is 0 Å². The first-order chi connectivity index (χ1) is 20.6. The van der Waals surface area contributed by atoms with E-state index in [1.165, 1.54) is 35.4 Å². The molecule has 11 heteroatoms. The number of esters is 3. The number of ether oxygens (including phenoxy) is 4. The van der Waals surface area contributed by atoms with E-state index >= 15 is 0 Å². The molecule has 0 aromatic heterocycles. The Bertz CT molecular complexity index is 1380. The van der Waals surface area contributed by atoms with Gasteiger partial charge in [-0.25, -0.2) is 14.4 Å². The molecule has 1 N–H and O–H groups in total. The first-order valence-electron chi connectivity index (χ1n) is 13.8. The molecule has 0 unspecified atom stereocenters. The highest BCUT2D eigenvalue weighted by atomic mass is 79.9. The van der Waals surface area contributed by atoms with Crippen LogP contribution >= 0.6 is 47.8 Å². The van der Waals surface area contributed by atoms with Crippen LogP contribution in [-0.4, -0.2) is 30.1 Å². The molecule has 3 aliphatic heterocycles. The number of benzene rings is 3. The first kappa shape index (κ1) is 30.1. The summed E-state index contributed by atoms with van der Waals surface area (Å²) >= 11 is 9.99. The molecule has 0 spiro atoms. The molecular formula is C29H31Br3O8. The number of hydrogen-bond donors (Lipinski definition) is 1. The Kier molecular flexibility index (Phi) is 11.0. The van der Waals surface area contributed by atoms with Crippen LogP contribution in [0, 0.1) is 6.92 Å². The van der Waals surface area contributed by atoms with Crippen LogP contribution in [0.5, 0.6) is 11.5 Å². The molecule has 0 fully saturated rings. The SMILES string of the molecule is COc1ccc(Br)c2c1C(=O)OC2.Cc1ccc(Br)c2c1C(=O)OC2.O=C1OCc2c(Br)ccc(O)c21.[3H]C.[3H]C.[3H]C. The molecule has 0 bridgehead atoms. The second-order valence-electron chi connectivity index (χ2n) is 7.97. The zero-order valence-corrected chi connectivity index (χ0v) is 27.3. The summed E-state index contributed by atoms with van der Waals surface area (Å²) in [6, 6.07) is 10.6. The van der Waals surface area contributed by atoms with Gasteiger partial charge in [0, 0.05) is 34.2 Å². The van der Waals surface area contributed by atoms with Crippen molar-refractivity contribution in [3.63, 3.8) is 0 Å². The van der Waals surface area contributed by atoms with Crippen LogP contribution in [0.25, 0.3) is 0 Å². The minimum absolute atomic E-state index is 0.0179. The molecule has 216 valence electrons. The maximum absolute atomic E-state index is 11.3. The minimum Gasteiger partial charge on any atom is -0.507 e. The third kappa shape index (κ3) is 6.87. The predicted molar refractivity (Wildman–Crippen MR) is 163 cm³/mol. The number of hydrogen-bond acceptors (Lipinski definition) is 8. The Balaban J connectivity index is 0.000000296. The van der Waals surface area contributed by atoms with Crippen LogP contribution < -0.4 is 4.74 Å². The highest BCUT2D eigenvalue weighted by molar-refractivity contribution is 9.11. The van der Waals surface area contributed by atoms with E-state index in [0.717, 1.165) is 41.2 Å². The smallest absolute Gasteiger partial charge is 0.342 e. The Morgan fingerprint density at radius 3 is 1.57 bits per heavy atom. The van der Waals surface area contributed by atoms with E-state index < -0.39 is 5.97 Å². The van der Waals surface area contributed by atoms with E-state index in [0.29, 0.717) is 24.5 Å². The first-order valence-corrected chi connectivity index (χ1v) is 13.2. The summed E-state index contributed by atoms with van der Waals surface area (Å²) in [7, 11) is 5.29. The zero-order chi connectivity index (χ0) is 32.9. The number of cyclic esters (lactones) is 3. The fourth-order valence-corrected chi connectivity index (χ4v) is 5.24. The number of phenolic OH excluding ortho intramolecular Hbond substituents is 1. The van der Waals surface area contributed by atoms with E-state index in [1.54, 1.807) is 12.1 Å². The Hall–Kier alpha value is -2.89. The Morgan fingerprint density at radius 2 is 1.10 bits per heavy atom. The topological polar surface area (TPSA) is 108 Å². The maximum Gasteiger partial charge on any atom is 0.342 e. The third-order valence-corrected chi connectivity index (χ3v) is 8.02. The second kappa shape index (κ2) is 14.7. The maximum atomic E-state index is 11.3. The molecule has 0 atom stereocenters. The largest absolute Gasteiger partial charge is 0.507 e. The summed E-state index contributed by atoms with van der Waals surface area (Å²) < 4.78 is 39.5. The summed E-state index contributed by atoms with van der Waals surface area (Å²) in [6.45, 7) is 2.88. The number of methoxy groups -OCH3 is 1. The van der Waals surface area contributed by atoms with Crippen LogP contribution in [0.3, 0.4) is 0 Å². The molecule has 40 heavy (non-hydrogen) atoms. The average molecular weight is 753 g/mol. The minimum atomic E-state index is -0.455. The van der Waals surface area contributed by atoms with Crippen molar-refractivity contribution in [1.29, 1.82) is 0 Å². The van der Waals surface area contributed by atoms with E-state index in [2.05, 4.69) is 47.8 Å². The predicted octanol–water partition coefficient (Wildman–Crippen LogP) is 8.29. The van der Waals surface area contributed by atoms with Gasteiger partial charge in [-0.15, -0.1) is 0 Å². The van der Waals surface area contributed by atoms with E-state index in [9.17, 15) is 19.5 Å². The fraction of sp³-hybridized carbons (Fsp3) is 0.276. The lowest BCUT2D eigenvalue weighted by Gasteiger charge is -2.04. The van der Waals surface area contributed by atoms with Gasteiger partial charge in [-0.1, -0.05) is 76.1 Å². The molecule has 3 aromatic rings. The van der Waals surface area contributed by atoms with E-state index in [1.807, 2.05) is 25.1 Å². The van der Waals surface area contributed by atoms with Crippen molar-refractivity contribution in [1.82, 2.24) is 0 Å². The number of carbonyl (C=O) groups excluding carboxylic acids is 3. The summed E-state index contributed by atoms with van der Waals surface area (Å²) in [6.07, 6.45) is 0. The number of phenols is 1. The monoisotopic (exact) mass is 750 g/mol. The van der Waals surface area contributed by atoms with Crippen molar-refractivity contribution in [2.75, 3.05) is 7.11 Å². The van der Waals surface area contributed by atoms with Crippen LogP contribution in [-0.2, 0) is 34.0 Å². The van der Waals surface area contributed by atoms with Crippen molar-refractivity contribution in [3.05, 3.63) is 88.8 Å². The standard InChI is InChI=1S/C9H7BrO3.C9H7BrO2.C8H5BrO3.3CH4/c1-12-7-3-2-6(10)5-4-13-9(11)8(5)7;1-5-2-3-7(10)6-4-12-9(11)8(5)6;9-5-1-2-6(10)7-4(5)3-12-8(7)11;;;/h2-3H,4H2,1H3;2-3H,4H2,1H3;1-2,10H,3H2;3*1H4/i;;;3*1T. The van der Waals surface area contributed by atoms with Crippen molar-refractivity contribution in [3.8, 4) is 11.5 Å². The highest BCUT2D eigenvalue weighted by Gasteiger charge is 2.28. The quantitative estimate of drug-likeness (QED) is 0.196. The molecule has 3 aromatic carbocycles. The van der Waals surface area contributed by atoms with E-state index in [4.69, 9.17) is 23.1 Å². The van der Waals surface area contributed by atoms with Crippen molar-refractivity contribution in [2.24, 2.45) is 0 Å². The normalized spacial score (nSPS) is 13.6. The average Bonchev–Trinajstić information content (AvgIpc) is 3.75. The Labute approximate surface area is 263 Å². The summed E-state index contributed by atoms with van der Waals surface area (Å²) in [5.74, 6) is -0.419. The van der Waals surface area contributed by atoms with Gasteiger partial charge < -0.3 is 24.1 Å². The number of fused-ring (bicyclic) bond motifs is 3. The van der Waals surface area contributed by atoms with Crippen molar-refractivity contribution in [2.45, 2.75) is 49.0 Å². The number of halogens is 3. The van der Waals surface area contributed by atoms with Crippen molar-refractivity contribution < 1.29 is 42.5 Å². The van der Waals surface area contributed by atoms with Gasteiger partial charge in [0.15, 0.2) is 0 Å². The number of rotatable bonds is 1. The third-order valence-electron chi connectivity index (χ3n) is 5.79. The van der Waals surface area contributed by atoms with Gasteiger partial charge >= 0.3 is 17.9 Å². The highest BCUT2D eigenvalue weighted by Crippen LogP contribution is 2.35. The number of aromatic hydroxyl groups is 1. The number of carbonyl (C=O) groups is 3.